The number of nitrogens with one attached hydrogen (secondary N) is 1. The fourth-order valence-electron chi connectivity index (χ4n) is 2.19. The lowest BCUT2D eigenvalue weighted by Gasteiger charge is -2.31. The molecule has 0 bridgehead atoms. The molecular formula is C16H17BrClFN2. The second-order valence-electron chi connectivity index (χ2n) is 5.35. The van der Waals surface area contributed by atoms with E-state index in [1.807, 2.05) is 31.2 Å². The molecule has 0 amide bonds. The van der Waals surface area contributed by atoms with E-state index in [0.29, 0.717) is 17.3 Å². The minimum absolute atomic E-state index is 0.362. The zero-order chi connectivity index (χ0) is 15.5. The molecule has 0 spiro atoms. The van der Waals surface area contributed by atoms with Crippen molar-refractivity contribution in [3.63, 3.8) is 0 Å². The van der Waals surface area contributed by atoms with Crippen molar-refractivity contribution in [2.24, 2.45) is 5.73 Å². The third-order valence-corrected chi connectivity index (χ3v) is 4.01. The third kappa shape index (κ3) is 4.70. The Hall–Kier alpha value is -1.10. The average Bonchev–Trinajstić information content (AvgIpc) is 2.40. The van der Waals surface area contributed by atoms with Crippen molar-refractivity contribution in [1.82, 2.24) is 0 Å². The predicted molar refractivity (Wildman–Crippen MR) is 90.3 cm³/mol. The van der Waals surface area contributed by atoms with Crippen molar-refractivity contribution in [3.8, 4) is 0 Å². The van der Waals surface area contributed by atoms with Gasteiger partial charge in [0, 0.05) is 21.7 Å². The first kappa shape index (κ1) is 16.3. The Morgan fingerprint density at radius 1 is 1.24 bits per heavy atom. The van der Waals surface area contributed by atoms with Gasteiger partial charge in [0.25, 0.3) is 0 Å². The van der Waals surface area contributed by atoms with Crippen LogP contribution < -0.4 is 11.1 Å². The Morgan fingerprint density at radius 3 is 2.48 bits per heavy atom. The summed E-state index contributed by atoms with van der Waals surface area (Å²) in [7, 11) is 0. The smallest absolute Gasteiger partial charge is 0.126 e. The third-order valence-electron chi connectivity index (χ3n) is 3.27. The summed E-state index contributed by atoms with van der Waals surface area (Å²) in [6, 6.07) is 12.5. The summed E-state index contributed by atoms with van der Waals surface area (Å²) in [5.74, 6) is -0.368. The summed E-state index contributed by atoms with van der Waals surface area (Å²) in [6.45, 7) is 2.42. The molecule has 5 heteroatoms. The molecule has 3 N–H and O–H groups in total. The molecule has 0 aliphatic heterocycles. The van der Waals surface area contributed by atoms with Crippen LogP contribution in [0, 0.1) is 5.82 Å². The van der Waals surface area contributed by atoms with Gasteiger partial charge in [0.05, 0.1) is 5.54 Å². The highest BCUT2D eigenvalue weighted by atomic mass is 79.9. The Kier molecular flexibility index (Phi) is 5.25. The Morgan fingerprint density at radius 2 is 1.90 bits per heavy atom. The van der Waals surface area contributed by atoms with Crippen LogP contribution in [-0.4, -0.2) is 12.1 Å². The molecule has 1 unspecified atom stereocenters. The van der Waals surface area contributed by atoms with Crippen molar-refractivity contribution in [1.29, 1.82) is 0 Å². The summed E-state index contributed by atoms with van der Waals surface area (Å²) < 4.78 is 14.5. The molecule has 112 valence electrons. The fraction of sp³-hybridized carbons (Fsp3) is 0.250. The van der Waals surface area contributed by atoms with E-state index in [2.05, 4.69) is 21.2 Å². The summed E-state index contributed by atoms with van der Waals surface area (Å²) >= 11 is 9.30. The topological polar surface area (TPSA) is 38.0 Å². The molecule has 0 aliphatic rings. The number of benzene rings is 2. The number of anilines is 1. The van der Waals surface area contributed by atoms with E-state index in [9.17, 15) is 4.39 Å². The maximum atomic E-state index is 13.4. The normalized spacial score (nSPS) is 13.8. The van der Waals surface area contributed by atoms with E-state index in [1.54, 1.807) is 6.07 Å². The van der Waals surface area contributed by atoms with Crippen LogP contribution in [0.5, 0.6) is 0 Å². The number of hydrogen-bond donors (Lipinski definition) is 2. The molecule has 2 rings (SSSR count). The molecule has 0 radical (unpaired) electrons. The first-order valence-corrected chi connectivity index (χ1v) is 7.76. The summed E-state index contributed by atoms with van der Waals surface area (Å²) in [4.78, 5) is 0. The van der Waals surface area contributed by atoms with Crippen molar-refractivity contribution >= 4 is 33.2 Å². The molecule has 0 heterocycles. The molecule has 0 fully saturated rings. The molecule has 0 saturated heterocycles. The number of nitrogens with two attached hydrogens (primary N) is 1. The van der Waals surface area contributed by atoms with Crippen LogP contribution in [0.2, 0.25) is 5.02 Å². The van der Waals surface area contributed by atoms with Gasteiger partial charge in [0.15, 0.2) is 0 Å². The first-order valence-electron chi connectivity index (χ1n) is 6.59. The van der Waals surface area contributed by atoms with Gasteiger partial charge in [-0.25, -0.2) is 4.39 Å². The predicted octanol–water partition coefficient (Wildman–Crippen LogP) is 4.61. The largest absolute Gasteiger partial charge is 0.378 e. The van der Waals surface area contributed by atoms with E-state index in [-0.39, 0.29) is 11.4 Å². The number of halogens is 3. The molecule has 0 aromatic heterocycles. The summed E-state index contributed by atoms with van der Waals surface area (Å²) in [5.41, 5.74) is 7.31. The van der Waals surface area contributed by atoms with E-state index in [1.165, 1.54) is 12.1 Å². The van der Waals surface area contributed by atoms with Crippen molar-refractivity contribution < 1.29 is 4.39 Å². The second kappa shape index (κ2) is 6.77. The molecular weight excluding hydrogens is 355 g/mol. The maximum absolute atomic E-state index is 13.4. The van der Waals surface area contributed by atoms with Gasteiger partial charge in [-0.05, 0) is 49.2 Å². The van der Waals surface area contributed by atoms with Gasteiger partial charge < -0.3 is 11.1 Å². The van der Waals surface area contributed by atoms with E-state index in [0.717, 1.165) is 16.5 Å². The maximum Gasteiger partial charge on any atom is 0.126 e. The van der Waals surface area contributed by atoms with Gasteiger partial charge >= 0.3 is 0 Å². The monoisotopic (exact) mass is 370 g/mol. The summed E-state index contributed by atoms with van der Waals surface area (Å²) in [5, 5.41) is 3.65. The minimum atomic E-state index is -0.384. The minimum Gasteiger partial charge on any atom is -0.378 e. The SMILES string of the molecule is CC(CN)(Cc1ccc(Br)cc1)Nc1cc(F)cc(Cl)c1. The first-order chi connectivity index (χ1) is 9.90. The number of rotatable bonds is 5. The van der Waals surface area contributed by atoms with E-state index >= 15 is 0 Å². The van der Waals surface area contributed by atoms with Gasteiger partial charge in [-0.3, -0.25) is 0 Å². The lowest BCUT2D eigenvalue weighted by atomic mass is 9.92. The van der Waals surface area contributed by atoms with Gasteiger partial charge in [0.2, 0.25) is 0 Å². The van der Waals surface area contributed by atoms with Crippen LogP contribution >= 0.6 is 27.5 Å². The van der Waals surface area contributed by atoms with Gasteiger partial charge in [-0.15, -0.1) is 0 Å². The Balaban J connectivity index is 2.18. The van der Waals surface area contributed by atoms with Crippen LogP contribution in [0.15, 0.2) is 46.9 Å². The van der Waals surface area contributed by atoms with Gasteiger partial charge in [-0.2, -0.15) is 0 Å². The lowest BCUT2D eigenvalue weighted by molar-refractivity contribution is 0.520. The highest BCUT2D eigenvalue weighted by Crippen LogP contribution is 2.24. The Bertz CT molecular complexity index is 598. The van der Waals surface area contributed by atoms with E-state index < -0.39 is 0 Å². The van der Waals surface area contributed by atoms with Gasteiger partial charge in [-0.1, -0.05) is 39.7 Å². The average molecular weight is 372 g/mol. The molecule has 1 atom stereocenters. The van der Waals surface area contributed by atoms with Crippen LogP contribution in [0.25, 0.3) is 0 Å². The Labute approximate surface area is 137 Å². The standard InChI is InChI=1S/C16H17BrClFN2/c1-16(10-20,9-11-2-4-12(17)5-3-11)21-15-7-13(18)6-14(19)8-15/h2-8,21H,9-10,20H2,1H3. The quantitative estimate of drug-likeness (QED) is 0.805. The van der Waals surface area contributed by atoms with Crippen LogP contribution in [0.3, 0.4) is 0 Å². The molecule has 2 nitrogen and oxygen atoms in total. The van der Waals surface area contributed by atoms with Crippen LogP contribution in [-0.2, 0) is 6.42 Å². The van der Waals surface area contributed by atoms with Crippen molar-refractivity contribution in [3.05, 3.63) is 63.3 Å². The molecule has 21 heavy (non-hydrogen) atoms. The van der Waals surface area contributed by atoms with Crippen LogP contribution in [0.4, 0.5) is 10.1 Å². The highest BCUT2D eigenvalue weighted by Gasteiger charge is 2.23. The zero-order valence-corrected chi connectivity index (χ0v) is 14.0. The fourth-order valence-corrected chi connectivity index (χ4v) is 2.68. The summed E-state index contributed by atoms with van der Waals surface area (Å²) in [6.07, 6.45) is 0.727. The molecule has 2 aromatic carbocycles. The highest BCUT2D eigenvalue weighted by molar-refractivity contribution is 9.10. The number of hydrogen-bond acceptors (Lipinski definition) is 2. The molecule has 2 aromatic rings. The van der Waals surface area contributed by atoms with Crippen molar-refractivity contribution in [2.45, 2.75) is 18.9 Å². The van der Waals surface area contributed by atoms with Crippen molar-refractivity contribution in [2.75, 3.05) is 11.9 Å². The van der Waals surface area contributed by atoms with Crippen LogP contribution in [0.1, 0.15) is 12.5 Å². The molecule has 0 saturated carbocycles. The van der Waals surface area contributed by atoms with Gasteiger partial charge in [0.1, 0.15) is 5.82 Å². The lowest BCUT2D eigenvalue weighted by Crippen LogP contribution is -2.44. The molecule has 0 aliphatic carbocycles. The van der Waals surface area contributed by atoms with E-state index in [4.69, 9.17) is 17.3 Å². The zero-order valence-electron chi connectivity index (χ0n) is 11.7. The second-order valence-corrected chi connectivity index (χ2v) is 6.70.